The van der Waals surface area contributed by atoms with Crippen molar-refractivity contribution >= 4 is 40.2 Å². The van der Waals surface area contributed by atoms with Gasteiger partial charge in [-0.3, -0.25) is 4.79 Å². The molecule has 4 rings (SSSR count). The largest absolute Gasteiger partial charge is 0.381 e. The van der Waals surface area contributed by atoms with Gasteiger partial charge >= 0.3 is 0 Å². The van der Waals surface area contributed by atoms with Gasteiger partial charge in [0.2, 0.25) is 5.91 Å². The quantitative estimate of drug-likeness (QED) is 0.600. The minimum atomic E-state index is -0.136. The zero-order chi connectivity index (χ0) is 19.4. The van der Waals surface area contributed by atoms with E-state index in [0.717, 1.165) is 39.0 Å². The van der Waals surface area contributed by atoms with E-state index in [2.05, 4.69) is 16.4 Å². The molecule has 1 N–H and O–H groups in total. The highest BCUT2D eigenvalue weighted by molar-refractivity contribution is 7.20. The third-order valence-corrected chi connectivity index (χ3v) is 7.30. The van der Waals surface area contributed by atoms with Gasteiger partial charge in [-0.1, -0.05) is 29.8 Å². The molecule has 1 aliphatic heterocycles. The second kappa shape index (κ2) is 8.74. The van der Waals surface area contributed by atoms with Gasteiger partial charge in [-0.25, -0.2) is 4.98 Å². The molecule has 146 valence electrons. The van der Waals surface area contributed by atoms with Gasteiger partial charge in [-0.05, 0) is 42.0 Å². The number of nitrogens with one attached hydrogen (secondary N) is 1. The lowest BCUT2D eigenvalue weighted by Crippen LogP contribution is -2.45. The third kappa shape index (κ3) is 4.46. The Morgan fingerprint density at radius 1 is 1.21 bits per heavy atom. The van der Waals surface area contributed by atoms with Crippen molar-refractivity contribution in [3.63, 3.8) is 0 Å². The summed E-state index contributed by atoms with van der Waals surface area (Å²) in [6, 6.07) is 12.0. The van der Waals surface area contributed by atoms with Gasteiger partial charge in [0.1, 0.15) is 5.01 Å². The van der Waals surface area contributed by atoms with Crippen molar-refractivity contribution in [1.29, 1.82) is 0 Å². The Morgan fingerprint density at radius 2 is 2.07 bits per heavy atom. The molecule has 1 saturated heterocycles. The molecule has 28 heavy (non-hydrogen) atoms. The molecule has 1 aliphatic rings. The summed E-state index contributed by atoms with van der Waals surface area (Å²) in [5, 5.41) is 8.83. The lowest BCUT2D eigenvalue weighted by atomic mass is 9.74. The first-order chi connectivity index (χ1) is 13.6. The first-order valence-electron chi connectivity index (χ1n) is 9.23. The number of benzene rings is 1. The van der Waals surface area contributed by atoms with Gasteiger partial charge in [0.15, 0.2) is 0 Å². The molecule has 0 unspecified atom stereocenters. The molecule has 2 aromatic heterocycles. The van der Waals surface area contributed by atoms with Gasteiger partial charge in [0.25, 0.3) is 0 Å². The van der Waals surface area contributed by atoms with Crippen LogP contribution < -0.4 is 5.32 Å². The minimum Gasteiger partial charge on any atom is -0.381 e. The summed E-state index contributed by atoms with van der Waals surface area (Å²) in [4.78, 5) is 18.3. The summed E-state index contributed by atoms with van der Waals surface area (Å²) in [7, 11) is 0. The number of carbonyl (C=O) groups excluding carboxylic acids is 1. The number of carbonyl (C=O) groups is 1. The second-order valence-electron chi connectivity index (χ2n) is 6.98. The monoisotopic (exact) mass is 432 g/mol. The van der Waals surface area contributed by atoms with Crippen molar-refractivity contribution in [3.8, 4) is 9.88 Å². The van der Waals surface area contributed by atoms with E-state index in [-0.39, 0.29) is 11.3 Å². The number of thiazole rings is 1. The molecule has 1 fully saturated rings. The summed E-state index contributed by atoms with van der Waals surface area (Å²) in [6.07, 6.45) is 2.03. The van der Waals surface area contributed by atoms with E-state index in [1.807, 2.05) is 41.1 Å². The van der Waals surface area contributed by atoms with Crippen molar-refractivity contribution in [1.82, 2.24) is 10.3 Å². The fourth-order valence-corrected chi connectivity index (χ4v) is 5.37. The Kier molecular flexibility index (Phi) is 6.11. The van der Waals surface area contributed by atoms with Crippen LogP contribution in [0, 0.1) is 0 Å². The number of thiophene rings is 1. The number of ether oxygens (including phenoxy) is 1. The number of hydrogen-bond acceptors (Lipinski definition) is 5. The average molecular weight is 433 g/mol. The molecule has 1 aromatic carbocycles. The van der Waals surface area contributed by atoms with Crippen LogP contribution in [0.4, 0.5) is 0 Å². The Bertz CT molecular complexity index is 934. The normalized spacial score (nSPS) is 16.0. The van der Waals surface area contributed by atoms with E-state index < -0.39 is 0 Å². The molecular formula is C21H21ClN2O2S2. The van der Waals surface area contributed by atoms with Crippen molar-refractivity contribution < 1.29 is 9.53 Å². The van der Waals surface area contributed by atoms with Crippen molar-refractivity contribution in [2.24, 2.45) is 0 Å². The zero-order valence-electron chi connectivity index (χ0n) is 15.3. The summed E-state index contributed by atoms with van der Waals surface area (Å²) in [5.41, 5.74) is 1.84. The van der Waals surface area contributed by atoms with Crippen LogP contribution in [0.5, 0.6) is 0 Å². The molecule has 0 atom stereocenters. The molecule has 0 bridgehead atoms. The number of aromatic nitrogens is 1. The van der Waals surface area contributed by atoms with Crippen molar-refractivity contribution in [3.05, 3.63) is 63.4 Å². The van der Waals surface area contributed by atoms with Crippen LogP contribution in [0.1, 0.15) is 24.1 Å². The molecule has 0 saturated carbocycles. The number of nitrogens with zero attached hydrogens (tertiary/aromatic N) is 1. The molecule has 3 aromatic rings. The van der Waals surface area contributed by atoms with Gasteiger partial charge in [0, 0.05) is 35.6 Å². The summed E-state index contributed by atoms with van der Waals surface area (Å²) < 4.78 is 5.56. The maximum atomic E-state index is 12.6. The molecule has 0 radical (unpaired) electrons. The van der Waals surface area contributed by atoms with Crippen LogP contribution in [0.15, 0.2) is 47.2 Å². The van der Waals surface area contributed by atoms with Gasteiger partial charge in [-0.2, -0.15) is 0 Å². The van der Waals surface area contributed by atoms with Crippen LogP contribution >= 0.6 is 34.3 Å². The molecule has 3 heterocycles. The van der Waals surface area contributed by atoms with Gasteiger partial charge in [0.05, 0.1) is 17.0 Å². The predicted octanol–water partition coefficient (Wildman–Crippen LogP) is 4.93. The highest BCUT2D eigenvalue weighted by atomic mass is 35.5. The fourth-order valence-electron chi connectivity index (χ4n) is 3.54. The Hall–Kier alpha value is -1.73. The standard InChI is InChI=1S/C21H21ClN2O2S2/c22-16-4-1-3-15(11-16)21(6-8-26-9-7-21)14-23-19(25)12-17-13-28-20(24-17)18-5-2-10-27-18/h1-5,10-11,13H,6-9,12,14H2,(H,23,25). The topological polar surface area (TPSA) is 51.2 Å². The molecule has 0 aliphatic carbocycles. The predicted molar refractivity (Wildman–Crippen MR) is 115 cm³/mol. The van der Waals surface area contributed by atoms with E-state index in [1.165, 1.54) is 0 Å². The first-order valence-corrected chi connectivity index (χ1v) is 11.4. The summed E-state index contributed by atoms with van der Waals surface area (Å²) >= 11 is 9.46. The SMILES string of the molecule is O=C(Cc1csc(-c2cccs2)n1)NCC1(c2cccc(Cl)c2)CCOCC1. The van der Waals surface area contributed by atoms with E-state index >= 15 is 0 Å². The number of amides is 1. The maximum absolute atomic E-state index is 12.6. The third-order valence-electron chi connectivity index (χ3n) is 5.14. The van der Waals surface area contributed by atoms with Crippen LogP contribution in [0.2, 0.25) is 5.02 Å². The highest BCUT2D eigenvalue weighted by Gasteiger charge is 2.35. The van der Waals surface area contributed by atoms with E-state index in [0.29, 0.717) is 26.2 Å². The second-order valence-corrected chi connectivity index (χ2v) is 9.22. The molecular weight excluding hydrogens is 412 g/mol. The number of rotatable bonds is 6. The Balaban J connectivity index is 1.42. The van der Waals surface area contributed by atoms with Crippen LogP contribution in [-0.4, -0.2) is 30.6 Å². The fraction of sp³-hybridized carbons (Fsp3) is 0.333. The van der Waals surface area contributed by atoms with Crippen molar-refractivity contribution in [2.45, 2.75) is 24.7 Å². The number of halogens is 1. The molecule has 0 spiro atoms. The Morgan fingerprint density at radius 3 is 2.82 bits per heavy atom. The Labute approximate surface area is 177 Å². The highest BCUT2D eigenvalue weighted by Crippen LogP contribution is 2.35. The minimum absolute atomic E-state index is 0.00377. The van der Waals surface area contributed by atoms with Gasteiger partial charge < -0.3 is 10.1 Å². The van der Waals surface area contributed by atoms with E-state index in [1.54, 1.807) is 22.7 Å². The van der Waals surface area contributed by atoms with E-state index in [9.17, 15) is 4.79 Å². The smallest absolute Gasteiger partial charge is 0.226 e. The van der Waals surface area contributed by atoms with Crippen LogP contribution in [0.25, 0.3) is 9.88 Å². The molecule has 1 amide bonds. The van der Waals surface area contributed by atoms with Crippen LogP contribution in [0.3, 0.4) is 0 Å². The average Bonchev–Trinajstić information content (AvgIpc) is 3.39. The number of hydrogen-bond donors (Lipinski definition) is 1. The zero-order valence-corrected chi connectivity index (χ0v) is 17.7. The summed E-state index contributed by atoms with van der Waals surface area (Å²) in [5.74, 6) is -0.00377. The lowest BCUT2D eigenvalue weighted by molar-refractivity contribution is -0.121. The van der Waals surface area contributed by atoms with Crippen LogP contribution in [-0.2, 0) is 21.4 Å². The summed E-state index contributed by atoms with van der Waals surface area (Å²) in [6.45, 7) is 1.97. The maximum Gasteiger partial charge on any atom is 0.226 e. The van der Waals surface area contributed by atoms with Crippen molar-refractivity contribution in [2.75, 3.05) is 19.8 Å². The van der Waals surface area contributed by atoms with Gasteiger partial charge in [-0.15, -0.1) is 22.7 Å². The molecule has 7 heteroatoms. The molecule has 4 nitrogen and oxygen atoms in total. The lowest BCUT2D eigenvalue weighted by Gasteiger charge is -2.38. The van der Waals surface area contributed by atoms with E-state index in [4.69, 9.17) is 16.3 Å². The first kappa shape index (κ1) is 19.6.